The Morgan fingerprint density at radius 1 is 1.43 bits per heavy atom. The SMILES string of the molecule is COc1cc2c(cc1-c1ccsc1)OCC(C)(C)C2OC(N)=O. The van der Waals surface area contributed by atoms with Gasteiger partial charge in [0, 0.05) is 16.5 Å². The molecule has 122 valence electrons. The summed E-state index contributed by atoms with van der Waals surface area (Å²) in [6.07, 6.45) is -1.27. The fourth-order valence-corrected chi connectivity index (χ4v) is 3.47. The van der Waals surface area contributed by atoms with Crippen LogP contribution >= 0.6 is 11.3 Å². The normalized spacial score (nSPS) is 18.7. The summed E-state index contributed by atoms with van der Waals surface area (Å²) in [5, 5.41) is 4.06. The first-order valence-corrected chi connectivity index (χ1v) is 8.20. The molecule has 3 rings (SSSR count). The maximum Gasteiger partial charge on any atom is 0.405 e. The molecule has 1 aliphatic heterocycles. The zero-order valence-corrected chi connectivity index (χ0v) is 14.1. The van der Waals surface area contributed by atoms with Gasteiger partial charge in [0.25, 0.3) is 0 Å². The number of amides is 1. The van der Waals surface area contributed by atoms with Crippen molar-refractivity contribution in [2.24, 2.45) is 11.1 Å². The minimum Gasteiger partial charge on any atom is -0.496 e. The van der Waals surface area contributed by atoms with Gasteiger partial charge in [0.15, 0.2) is 0 Å². The third-order valence-electron chi connectivity index (χ3n) is 3.99. The first-order chi connectivity index (χ1) is 10.9. The van der Waals surface area contributed by atoms with Gasteiger partial charge in [-0.25, -0.2) is 4.79 Å². The number of hydrogen-bond donors (Lipinski definition) is 1. The van der Waals surface area contributed by atoms with Gasteiger partial charge in [-0.2, -0.15) is 11.3 Å². The van der Waals surface area contributed by atoms with E-state index in [-0.39, 0.29) is 5.41 Å². The second-order valence-corrected chi connectivity index (χ2v) is 6.98. The second-order valence-electron chi connectivity index (χ2n) is 6.20. The zero-order valence-electron chi connectivity index (χ0n) is 13.3. The summed E-state index contributed by atoms with van der Waals surface area (Å²) in [5.41, 5.74) is 7.66. The lowest BCUT2D eigenvalue weighted by Gasteiger charge is -2.38. The number of fused-ring (bicyclic) bond motifs is 1. The van der Waals surface area contributed by atoms with Crippen molar-refractivity contribution in [2.45, 2.75) is 20.0 Å². The summed E-state index contributed by atoms with van der Waals surface area (Å²) < 4.78 is 16.8. The molecule has 1 amide bonds. The number of thiophene rings is 1. The molecule has 1 aromatic heterocycles. The van der Waals surface area contributed by atoms with Crippen molar-refractivity contribution in [1.29, 1.82) is 0 Å². The van der Waals surface area contributed by atoms with Crippen LogP contribution in [-0.2, 0) is 4.74 Å². The number of carbonyl (C=O) groups is 1. The Kier molecular flexibility index (Phi) is 3.93. The van der Waals surface area contributed by atoms with Crippen LogP contribution in [0, 0.1) is 5.41 Å². The molecule has 23 heavy (non-hydrogen) atoms. The highest BCUT2D eigenvalue weighted by Crippen LogP contribution is 2.48. The van der Waals surface area contributed by atoms with Gasteiger partial charge in [0.05, 0.1) is 13.7 Å². The smallest absolute Gasteiger partial charge is 0.405 e. The molecule has 0 bridgehead atoms. The van der Waals surface area contributed by atoms with Gasteiger partial charge in [0.2, 0.25) is 0 Å². The highest BCUT2D eigenvalue weighted by atomic mass is 32.1. The molecule has 0 fully saturated rings. The van der Waals surface area contributed by atoms with E-state index >= 15 is 0 Å². The minimum absolute atomic E-state index is 0.378. The van der Waals surface area contributed by atoms with E-state index in [1.807, 2.05) is 37.4 Å². The monoisotopic (exact) mass is 333 g/mol. The Labute approximate surface area is 139 Å². The van der Waals surface area contributed by atoms with Gasteiger partial charge in [-0.15, -0.1) is 0 Å². The van der Waals surface area contributed by atoms with Crippen molar-refractivity contribution in [3.05, 3.63) is 34.5 Å². The summed E-state index contributed by atoms with van der Waals surface area (Å²) in [4.78, 5) is 11.3. The van der Waals surface area contributed by atoms with Gasteiger partial charge in [-0.1, -0.05) is 13.8 Å². The molecule has 6 heteroatoms. The van der Waals surface area contributed by atoms with Crippen LogP contribution in [0.3, 0.4) is 0 Å². The van der Waals surface area contributed by atoms with E-state index in [2.05, 4.69) is 5.38 Å². The fourth-order valence-electron chi connectivity index (χ4n) is 2.82. The first-order valence-electron chi connectivity index (χ1n) is 7.26. The molecule has 0 radical (unpaired) electrons. The maximum atomic E-state index is 11.3. The Morgan fingerprint density at radius 2 is 2.22 bits per heavy atom. The first kappa shape index (κ1) is 15.7. The van der Waals surface area contributed by atoms with Crippen LogP contribution in [-0.4, -0.2) is 19.8 Å². The van der Waals surface area contributed by atoms with E-state index in [1.54, 1.807) is 18.4 Å². The lowest BCUT2D eigenvalue weighted by molar-refractivity contribution is -0.0177. The zero-order chi connectivity index (χ0) is 16.6. The molecule has 0 spiro atoms. The standard InChI is InChI=1S/C17H19NO4S/c1-17(2)9-21-14-6-11(10-4-5-23-8-10)13(20-3)7-12(14)15(17)22-16(18)19/h4-8,15H,9H2,1-3H3,(H2,18,19). The van der Waals surface area contributed by atoms with Crippen molar-refractivity contribution in [3.8, 4) is 22.6 Å². The lowest BCUT2D eigenvalue weighted by Crippen LogP contribution is -2.37. The Hall–Kier alpha value is -2.21. The van der Waals surface area contributed by atoms with Crippen molar-refractivity contribution in [2.75, 3.05) is 13.7 Å². The van der Waals surface area contributed by atoms with E-state index in [0.717, 1.165) is 16.7 Å². The Balaban J connectivity index is 2.12. The highest BCUT2D eigenvalue weighted by Gasteiger charge is 2.41. The average molecular weight is 333 g/mol. The molecule has 0 saturated heterocycles. The number of primary amides is 1. The summed E-state index contributed by atoms with van der Waals surface area (Å²) in [5.74, 6) is 1.40. The van der Waals surface area contributed by atoms with Crippen LogP contribution in [0.1, 0.15) is 25.5 Å². The van der Waals surface area contributed by atoms with Gasteiger partial charge < -0.3 is 19.9 Å². The number of hydrogen-bond acceptors (Lipinski definition) is 5. The number of methoxy groups -OCH3 is 1. The molecular formula is C17H19NO4S. The molecule has 1 atom stereocenters. The third-order valence-corrected chi connectivity index (χ3v) is 4.67. The van der Waals surface area contributed by atoms with Crippen LogP contribution in [0.4, 0.5) is 4.79 Å². The van der Waals surface area contributed by atoms with E-state index in [9.17, 15) is 4.79 Å². The lowest BCUT2D eigenvalue weighted by atomic mass is 9.80. The molecule has 1 aliphatic rings. The van der Waals surface area contributed by atoms with Crippen LogP contribution in [0.2, 0.25) is 0 Å². The summed E-state index contributed by atoms with van der Waals surface area (Å²) >= 11 is 1.62. The predicted octanol–water partition coefficient (Wildman–Crippen LogP) is 3.98. The fraction of sp³-hybridized carbons (Fsp3) is 0.353. The van der Waals surface area contributed by atoms with Crippen LogP contribution in [0.15, 0.2) is 29.0 Å². The van der Waals surface area contributed by atoms with Crippen molar-refractivity contribution in [3.63, 3.8) is 0 Å². The quantitative estimate of drug-likeness (QED) is 0.922. The van der Waals surface area contributed by atoms with E-state index < -0.39 is 12.2 Å². The topological polar surface area (TPSA) is 70.8 Å². The van der Waals surface area contributed by atoms with Crippen molar-refractivity contribution < 1.29 is 19.0 Å². The number of ether oxygens (including phenoxy) is 3. The van der Waals surface area contributed by atoms with Crippen LogP contribution in [0.25, 0.3) is 11.1 Å². The average Bonchev–Trinajstić information content (AvgIpc) is 3.03. The summed E-state index contributed by atoms with van der Waals surface area (Å²) in [6, 6.07) is 5.83. The van der Waals surface area contributed by atoms with Gasteiger partial charge in [-0.05, 0) is 34.5 Å². The van der Waals surface area contributed by atoms with E-state index in [4.69, 9.17) is 19.9 Å². The maximum absolute atomic E-state index is 11.3. The minimum atomic E-state index is -0.795. The molecule has 5 nitrogen and oxygen atoms in total. The summed E-state index contributed by atoms with van der Waals surface area (Å²) in [7, 11) is 1.62. The largest absolute Gasteiger partial charge is 0.496 e. The van der Waals surface area contributed by atoms with Gasteiger partial charge in [-0.3, -0.25) is 0 Å². The molecule has 1 unspecified atom stereocenters. The Morgan fingerprint density at radius 3 is 2.83 bits per heavy atom. The van der Waals surface area contributed by atoms with Gasteiger partial charge >= 0.3 is 6.09 Å². The molecule has 2 heterocycles. The highest BCUT2D eigenvalue weighted by molar-refractivity contribution is 7.08. The van der Waals surface area contributed by atoms with Gasteiger partial charge in [0.1, 0.15) is 17.6 Å². The van der Waals surface area contributed by atoms with E-state index in [1.165, 1.54) is 0 Å². The second kappa shape index (κ2) is 5.77. The molecule has 2 N–H and O–H groups in total. The van der Waals surface area contributed by atoms with Crippen LogP contribution in [0.5, 0.6) is 11.5 Å². The summed E-state index contributed by atoms with van der Waals surface area (Å²) in [6.45, 7) is 4.39. The van der Waals surface area contributed by atoms with Crippen molar-refractivity contribution in [1.82, 2.24) is 0 Å². The molecule has 2 aromatic rings. The van der Waals surface area contributed by atoms with E-state index in [0.29, 0.717) is 18.1 Å². The Bertz CT molecular complexity index is 724. The number of rotatable bonds is 3. The molecular weight excluding hydrogens is 314 g/mol. The molecule has 1 aromatic carbocycles. The number of carbonyl (C=O) groups excluding carboxylic acids is 1. The number of nitrogens with two attached hydrogens (primary N) is 1. The molecule has 0 aliphatic carbocycles. The molecule has 0 saturated carbocycles. The predicted molar refractivity (Wildman–Crippen MR) is 89.0 cm³/mol. The third kappa shape index (κ3) is 2.86. The number of benzene rings is 1. The van der Waals surface area contributed by atoms with Crippen molar-refractivity contribution >= 4 is 17.4 Å². The van der Waals surface area contributed by atoms with Crippen LogP contribution < -0.4 is 15.2 Å².